The molecule has 0 radical (unpaired) electrons. The average molecular weight is 469 g/mol. The van der Waals surface area contributed by atoms with Gasteiger partial charge in [0.2, 0.25) is 0 Å². The SMILES string of the molecule is c1ccc(-n2c3ccccc3c3c(C4Nc5ccc6sc7ccccc7c6c5O4)cccc32)cc1. The van der Waals surface area contributed by atoms with Gasteiger partial charge < -0.3 is 14.6 Å². The second-order valence-corrected chi connectivity index (χ2v) is 10.1. The summed E-state index contributed by atoms with van der Waals surface area (Å²) in [4.78, 5) is 0. The molecule has 0 saturated carbocycles. The quantitative estimate of drug-likeness (QED) is 0.275. The number of fused-ring (bicyclic) bond motifs is 8. The van der Waals surface area contributed by atoms with Crippen LogP contribution < -0.4 is 10.1 Å². The van der Waals surface area contributed by atoms with Gasteiger partial charge in [-0.25, -0.2) is 0 Å². The maximum Gasteiger partial charge on any atom is 0.197 e. The van der Waals surface area contributed by atoms with E-state index in [1.54, 1.807) is 0 Å². The molecule has 5 aromatic carbocycles. The molecular formula is C31H20N2OS. The van der Waals surface area contributed by atoms with Crippen molar-refractivity contribution < 1.29 is 4.74 Å². The first-order chi connectivity index (χ1) is 17.4. The fraction of sp³-hybridized carbons (Fsp3) is 0.0323. The van der Waals surface area contributed by atoms with E-state index in [0.717, 1.165) is 22.7 Å². The van der Waals surface area contributed by atoms with Crippen LogP contribution in [-0.2, 0) is 0 Å². The van der Waals surface area contributed by atoms with Crippen molar-refractivity contribution in [3.05, 3.63) is 115 Å². The molecule has 1 atom stereocenters. The van der Waals surface area contributed by atoms with Crippen LogP contribution in [0.2, 0.25) is 0 Å². The van der Waals surface area contributed by atoms with Crippen LogP contribution in [0.4, 0.5) is 5.69 Å². The number of ether oxygens (including phenoxy) is 1. The highest BCUT2D eigenvalue weighted by Gasteiger charge is 2.29. The van der Waals surface area contributed by atoms with Crippen molar-refractivity contribution in [2.45, 2.75) is 6.23 Å². The van der Waals surface area contributed by atoms with Gasteiger partial charge >= 0.3 is 0 Å². The van der Waals surface area contributed by atoms with Gasteiger partial charge in [0.25, 0.3) is 0 Å². The molecule has 2 aromatic heterocycles. The summed E-state index contributed by atoms with van der Waals surface area (Å²) in [7, 11) is 0. The molecule has 0 saturated heterocycles. The van der Waals surface area contributed by atoms with E-state index < -0.39 is 0 Å². The number of hydrogen-bond acceptors (Lipinski definition) is 3. The van der Waals surface area contributed by atoms with E-state index >= 15 is 0 Å². The molecule has 3 heterocycles. The van der Waals surface area contributed by atoms with Gasteiger partial charge in [0, 0.05) is 42.2 Å². The zero-order chi connectivity index (χ0) is 22.9. The molecule has 1 aliphatic heterocycles. The Labute approximate surface area is 205 Å². The Morgan fingerprint density at radius 3 is 2.31 bits per heavy atom. The molecule has 0 fully saturated rings. The molecule has 8 rings (SSSR count). The summed E-state index contributed by atoms with van der Waals surface area (Å²) in [6.45, 7) is 0. The molecule has 0 aliphatic carbocycles. The number of aromatic nitrogens is 1. The van der Waals surface area contributed by atoms with Gasteiger partial charge in [-0.2, -0.15) is 0 Å². The number of anilines is 1. The molecule has 0 bridgehead atoms. The minimum Gasteiger partial charge on any atom is -0.464 e. The average Bonchev–Trinajstić information content (AvgIpc) is 3.60. The zero-order valence-electron chi connectivity index (χ0n) is 18.7. The molecule has 35 heavy (non-hydrogen) atoms. The summed E-state index contributed by atoms with van der Waals surface area (Å²) in [6, 6.07) is 38.7. The van der Waals surface area contributed by atoms with E-state index in [2.05, 4.69) is 119 Å². The fourth-order valence-electron chi connectivity index (χ4n) is 5.57. The van der Waals surface area contributed by atoms with Gasteiger partial charge in [-0.05, 0) is 42.5 Å². The van der Waals surface area contributed by atoms with E-state index in [-0.39, 0.29) is 6.23 Å². The Hall–Kier alpha value is -4.28. The van der Waals surface area contributed by atoms with E-state index in [4.69, 9.17) is 4.74 Å². The monoisotopic (exact) mass is 468 g/mol. The number of para-hydroxylation sites is 2. The maximum atomic E-state index is 6.73. The van der Waals surface area contributed by atoms with Crippen molar-refractivity contribution in [1.29, 1.82) is 0 Å². The number of benzene rings is 5. The summed E-state index contributed by atoms with van der Waals surface area (Å²) >= 11 is 1.82. The number of rotatable bonds is 2. The molecule has 7 aromatic rings. The van der Waals surface area contributed by atoms with Crippen LogP contribution in [0.15, 0.2) is 109 Å². The summed E-state index contributed by atoms with van der Waals surface area (Å²) < 4.78 is 11.6. The highest BCUT2D eigenvalue weighted by atomic mass is 32.1. The lowest BCUT2D eigenvalue weighted by molar-refractivity contribution is 0.264. The second-order valence-electron chi connectivity index (χ2n) is 8.99. The Morgan fingerprint density at radius 2 is 1.40 bits per heavy atom. The Morgan fingerprint density at radius 1 is 0.629 bits per heavy atom. The molecule has 0 spiro atoms. The van der Waals surface area contributed by atoms with Gasteiger partial charge in [0.05, 0.1) is 16.7 Å². The summed E-state index contributed by atoms with van der Waals surface area (Å²) in [6.07, 6.45) is -0.256. The largest absolute Gasteiger partial charge is 0.464 e. The van der Waals surface area contributed by atoms with E-state index in [1.165, 1.54) is 42.0 Å². The third kappa shape index (κ3) is 2.66. The van der Waals surface area contributed by atoms with Crippen LogP contribution in [0.25, 0.3) is 47.7 Å². The Bertz CT molecular complexity index is 1920. The topological polar surface area (TPSA) is 26.2 Å². The van der Waals surface area contributed by atoms with Gasteiger partial charge in [0.1, 0.15) is 0 Å². The summed E-state index contributed by atoms with van der Waals surface area (Å²) in [5.74, 6) is 0.953. The number of thiophene rings is 1. The van der Waals surface area contributed by atoms with Crippen LogP contribution in [-0.4, -0.2) is 4.57 Å². The van der Waals surface area contributed by atoms with Crippen LogP contribution in [0, 0.1) is 0 Å². The first-order valence-electron chi connectivity index (χ1n) is 11.8. The molecule has 3 nitrogen and oxygen atoms in total. The summed E-state index contributed by atoms with van der Waals surface area (Å²) in [5, 5.41) is 8.59. The zero-order valence-corrected chi connectivity index (χ0v) is 19.5. The van der Waals surface area contributed by atoms with Gasteiger partial charge in [-0.3, -0.25) is 0 Å². The van der Waals surface area contributed by atoms with Crippen LogP contribution >= 0.6 is 11.3 Å². The van der Waals surface area contributed by atoms with Crippen LogP contribution in [0.5, 0.6) is 5.75 Å². The standard InChI is InChI=1S/C31H20N2OS/c1-2-9-19(10-3-1)33-24-14-6-4-11-20(24)28-22(13-8-15-25(28)33)31-32-23-17-18-27-29(30(23)34-31)21-12-5-7-16-26(21)35-27/h1-18,31-32H. The highest BCUT2D eigenvalue weighted by molar-refractivity contribution is 7.25. The first kappa shape index (κ1) is 19.1. The van der Waals surface area contributed by atoms with Gasteiger partial charge in [0.15, 0.2) is 12.0 Å². The lowest BCUT2D eigenvalue weighted by Crippen LogP contribution is -2.10. The third-order valence-electron chi connectivity index (χ3n) is 7.04. The maximum absolute atomic E-state index is 6.73. The van der Waals surface area contributed by atoms with E-state index in [0.29, 0.717) is 0 Å². The predicted octanol–water partition coefficient (Wildman–Crippen LogP) is 8.65. The molecule has 166 valence electrons. The third-order valence-corrected chi connectivity index (χ3v) is 8.18. The number of hydrogen-bond donors (Lipinski definition) is 1. The molecule has 1 N–H and O–H groups in total. The smallest absolute Gasteiger partial charge is 0.197 e. The van der Waals surface area contributed by atoms with Gasteiger partial charge in [-0.15, -0.1) is 11.3 Å². The van der Waals surface area contributed by atoms with E-state index in [9.17, 15) is 0 Å². The molecule has 4 heteroatoms. The van der Waals surface area contributed by atoms with E-state index in [1.807, 2.05) is 11.3 Å². The van der Waals surface area contributed by atoms with Crippen molar-refractivity contribution in [2.75, 3.05) is 5.32 Å². The van der Waals surface area contributed by atoms with Gasteiger partial charge in [-0.1, -0.05) is 66.7 Å². The minimum atomic E-state index is -0.256. The van der Waals surface area contributed by atoms with Crippen LogP contribution in [0.3, 0.4) is 0 Å². The lowest BCUT2D eigenvalue weighted by Gasteiger charge is -2.14. The Kier molecular flexibility index (Phi) is 3.87. The van der Waals surface area contributed by atoms with Crippen molar-refractivity contribution in [2.24, 2.45) is 0 Å². The van der Waals surface area contributed by atoms with Crippen molar-refractivity contribution >= 4 is 59.0 Å². The second kappa shape index (κ2) is 7.11. The molecular weight excluding hydrogens is 448 g/mol. The van der Waals surface area contributed by atoms with Crippen molar-refractivity contribution in [3.63, 3.8) is 0 Å². The number of nitrogens with one attached hydrogen (secondary N) is 1. The molecule has 1 unspecified atom stereocenters. The Balaban J connectivity index is 1.35. The predicted molar refractivity (Wildman–Crippen MR) is 147 cm³/mol. The summed E-state index contributed by atoms with van der Waals surface area (Å²) in [5.41, 5.74) is 5.74. The normalized spacial score (nSPS) is 15.0. The van der Waals surface area contributed by atoms with Crippen molar-refractivity contribution in [3.8, 4) is 11.4 Å². The number of nitrogens with zero attached hydrogens (tertiary/aromatic N) is 1. The first-order valence-corrected chi connectivity index (χ1v) is 12.6. The highest BCUT2D eigenvalue weighted by Crippen LogP contribution is 2.49. The lowest BCUT2D eigenvalue weighted by atomic mass is 10.1. The minimum absolute atomic E-state index is 0.256. The fourth-order valence-corrected chi connectivity index (χ4v) is 6.68. The molecule has 0 amide bonds. The molecule has 1 aliphatic rings. The van der Waals surface area contributed by atoms with Crippen molar-refractivity contribution in [1.82, 2.24) is 4.57 Å². The van der Waals surface area contributed by atoms with Crippen LogP contribution in [0.1, 0.15) is 11.8 Å².